The van der Waals surface area contributed by atoms with E-state index in [1.165, 1.54) is 4.68 Å². The number of benzene rings is 1. The van der Waals surface area contributed by atoms with E-state index in [9.17, 15) is 13.6 Å². The van der Waals surface area contributed by atoms with Gasteiger partial charge in [0.25, 0.3) is 5.91 Å². The van der Waals surface area contributed by atoms with Gasteiger partial charge in [-0.1, -0.05) is 13.0 Å². The number of carbonyl (C=O) groups excluding carboxylic acids is 1. The molecule has 0 saturated heterocycles. The van der Waals surface area contributed by atoms with E-state index in [1.807, 2.05) is 25.1 Å². The van der Waals surface area contributed by atoms with Crippen LogP contribution in [0.4, 0.5) is 8.78 Å². The fourth-order valence-electron chi connectivity index (χ4n) is 4.53. The van der Waals surface area contributed by atoms with Crippen LogP contribution in [0.25, 0.3) is 11.0 Å². The molecule has 1 aliphatic rings. The number of hydrogen-bond donors (Lipinski definition) is 3. The van der Waals surface area contributed by atoms with Crippen LogP contribution in [0.5, 0.6) is 0 Å². The second-order valence-electron chi connectivity index (χ2n) is 8.53. The highest BCUT2D eigenvalue weighted by atomic mass is 19.3. The first-order chi connectivity index (χ1) is 14.7. The van der Waals surface area contributed by atoms with Crippen LogP contribution in [-0.2, 0) is 7.05 Å². The van der Waals surface area contributed by atoms with Crippen molar-refractivity contribution in [2.75, 3.05) is 0 Å². The van der Waals surface area contributed by atoms with Crippen LogP contribution in [0.2, 0.25) is 0 Å². The summed E-state index contributed by atoms with van der Waals surface area (Å²) in [6.45, 7) is 2.03. The molecule has 4 rings (SSSR count). The zero-order chi connectivity index (χ0) is 22.3. The first kappa shape index (κ1) is 21.4. The van der Waals surface area contributed by atoms with Crippen molar-refractivity contribution in [2.45, 2.75) is 56.9 Å². The van der Waals surface area contributed by atoms with E-state index in [-0.39, 0.29) is 36.4 Å². The monoisotopic (exact) mass is 430 g/mol. The number of aromatic amines is 1. The number of primary amides is 1. The Kier molecular flexibility index (Phi) is 5.55. The smallest absolute Gasteiger partial charge is 0.266 e. The lowest BCUT2D eigenvalue weighted by Gasteiger charge is -2.32. The Morgan fingerprint density at radius 3 is 2.65 bits per heavy atom. The molecule has 1 fully saturated rings. The maximum atomic E-state index is 13.8. The van der Waals surface area contributed by atoms with Crippen LogP contribution >= 0.6 is 0 Å². The number of imidazole rings is 1. The van der Waals surface area contributed by atoms with Crippen LogP contribution in [0.1, 0.15) is 78.6 Å². The molecule has 0 radical (unpaired) electrons. The predicted molar refractivity (Wildman–Crippen MR) is 114 cm³/mol. The molecule has 1 amide bonds. The first-order valence-electron chi connectivity index (χ1n) is 10.6. The van der Waals surface area contributed by atoms with Crippen molar-refractivity contribution in [1.29, 1.82) is 0 Å². The first-order valence-corrected chi connectivity index (χ1v) is 10.6. The van der Waals surface area contributed by atoms with Crippen molar-refractivity contribution in [3.05, 3.63) is 47.0 Å². The SMILES string of the molecule is CCC(N)c1ccc2nc([C@H](c3cc(C(N)=O)n(C)n3)C3CCC(F)(F)CC3)[nH]c2c1. The molecular weight excluding hydrogens is 402 g/mol. The van der Waals surface area contributed by atoms with Gasteiger partial charge in [0, 0.05) is 25.9 Å². The van der Waals surface area contributed by atoms with Gasteiger partial charge in [0.2, 0.25) is 5.92 Å². The van der Waals surface area contributed by atoms with Crippen molar-refractivity contribution in [1.82, 2.24) is 19.7 Å². The largest absolute Gasteiger partial charge is 0.364 e. The number of aromatic nitrogens is 4. The summed E-state index contributed by atoms with van der Waals surface area (Å²) >= 11 is 0. The summed E-state index contributed by atoms with van der Waals surface area (Å²) < 4.78 is 29.1. The summed E-state index contributed by atoms with van der Waals surface area (Å²) in [7, 11) is 1.65. The van der Waals surface area contributed by atoms with Gasteiger partial charge >= 0.3 is 0 Å². The van der Waals surface area contributed by atoms with Crippen LogP contribution in [-0.4, -0.2) is 31.6 Å². The van der Waals surface area contributed by atoms with Crippen molar-refractivity contribution in [3.8, 4) is 0 Å². The van der Waals surface area contributed by atoms with Gasteiger partial charge in [-0.05, 0) is 48.9 Å². The lowest BCUT2D eigenvalue weighted by Crippen LogP contribution is -2.28. The van der Waals surface area contributed by atoms with E-state index in [0.717, 1.165) is 23.0 Å². The summed E-state index contributed by atoms with van der Waals surface area (Å²) in [6.07, 6.45) is 1.18. The fraction of sp³-hybridized carbons (Fsp3) is 0.500. The van der Waals surface area contributed by atoms with E-state index >= 15 is 0 Å². The molecule has 1 saturated carbocycles. The number of amides is 1. The van der Waals surface area contributed by atoms with E-state index in [0.29, 0.717) is 24.4 Å². The zero-order valence-electron chi connectivity index (χ0n) is 17.7. The number of halogens is 2. The third-order valence-electron chi connectivity index (χ3n) is 6.39. The van der Waals surface area contributed by atoms with Crippen LogP contribution in [0, 0.1) is 5.92 Å². The van der Waals surface area contributed by atoms with Crippen molar-refractivity contribution in [3.63, 3.8) is 0 Å². The normalized spacial score (nSPS) is 18.9. The number of alkyl halides is 2. The average molecular weight is 431 g/mol. The average Bonchev–Trinajstić information content (AvgIpc) is 3.31. The molecule has 166 valence electrons. The lowest BCUT2D eigenvalue weighted by molar-refractivity contribution is -0.0476. The Morgan fingerprint density at radius 1 is 1.32 bits per heavy atom. The topological polar surface area (TPSA) is 116 Å². The molecule has 0 bridgehead atoms. The number of carbonyl (C=O) groups is 1. The summed E-state index contributed by atoms with van der Waals surface area (Å²) in [6, 6.07) is 7.44. The second-order valence-corrected chi connectivity index (χ2v) is 8.53. The number of rotatable bonds is 6. The Hall–Kier alpha value is -2.81. The van der Waals surface area contributed by atoms with E-state index in [1.54, 1.807) is 13.1 Å². The number of hydrogen-bond acceptors (Lipinski definition) is 4. The maximum Gasteiger partial charge on any atom is 0.266 e. The highest BCUT2D eigenvalue weighted by Gasteiger charge is 2.40. The number of aryl methyl sites for hydroxylation is 1. The van der Waals surface area contributed by atoms with Gasteiger partial charge in [-0.3, -0.25) is 9.48 Å². The fourth-order valence-corrected chi connectivity index (χ4v) is 4.53. The predicted octanol–water partition coefficient (Wildman–Crippen LogP) is 3.76. The lowest BCUT2D eigenvalue weighted by atomic mass is 9.77. The van der Waals surface area contributed by atoms with Gasteiger partial charge in [0.15, 0.2) is 0 Å². The Morgan fingerprint density at radius 2 is 2.03 bits per heavy atom. The van der Waals surface area contributed by atoms with Gasteiger partial charge in [0.1, 0.15) is 11.5 Å². The Balaban J connectivity index is 1.77. The van der Waals surface area contributed by atoms with E-state index in [2.05, 4.69) is 10.1 Å². The number of fused-ring (bicyclic) bond motifs is 1. The second kappa shape index (κ2) is 8.03. The molecule has 31 heavy (non-hydrogen) atoms. The maximum absolute atomic E-state index is 13.8. The number of H-pyrrole nitrogens is 1. The van der Waals surface area contributed by atoms with E-state index < -0.39 is 11.8 Å². The van der Waals surface area contributed by atoms with Crippen LogP contribution < -0.4 is 11.5 Å². The number of nitrogens with two attached hydrogens (primary N) is 2. The molecule has 9 heteroatoms. The van der Waals surface area contributed by atoms with Gasteiger partial charge < -0.3 is 16.5 Å². The van der Waals surface area contributed by atoms with Crippen molar-refractivity contribution < 1.29 is 13.6 Å². The van der Waals surface area contributed by atoms with Gasteiger partial charge in [-0.15, -0.1) is 0 Å². The Bertz CT molecular complexity index is 1090. The van der Waals surface area contributed by atoms with Gasteiger partial charge in [-0.2, -0.15) is 5.10 Å². The third-order valence-corrected chi connectivity index (χ3v) is 6.39. The molecule has 0 spiro atoms. The van der Waals surface area contributed by atoms with Crippen LogP contribution in [0.3, 0.4) is 0 Å². The molecule has 5 N–H and O–H groups in total. The summed E-state index contributed by atoms with van der Waals surface area (Å²) in [5.74, 6) is -2.98. The van der Waals surface area contributed by atoms with Gasteiger partial charge in [-0.25, -0.2) is 13.8 Å². The summed E-state index contributed by atoms with van der Waals surface area (Å²) in [4.78, 5) is 19.9. The minimum atomic E-state index is -2.64. The molecule has 2 heterocycles. The van der Waals surface area contributed by atoms with Crippen molar-refractivity contribution >= 4 is 16.9 Å². The molecule has 1 unspecified atom stereocenters. The Labute approximate surface area is 179 Å². The zero-order valence-corrected chi connectivity index (χ0v) is 17.7. The van der Waals surface area contributed by atoms with Crippen molar-refractivity contribution in [2.24, 2.45) is 24.4 Å². The molecule has 7 nitrogen and oxygen atoms in total. The highest BCUT2D eigenvalue weighted by molar-refractivity contribution is 5.91. The minimum Gasteiger partial charge on any atom is -0.364 e. The number of nitrogens with zero attached hydrogens (tertiary/aromatic N) is 3. The van der Waals surface area contributed by atoms with E-state index in [4.69, 9.17) is 16.5 Å². The quantitative estimate of drug-likeness (QED) is 0.552. The van der Waals surface area contributed by atoms with Crippen LogP contribution in [0.15, 0.2) is 24.3 Å². The third kappa shape index (κ3) is 4.19. The highest BCUT2D eigenvalue weighted by Crippen LogP contribution is 2.44. The molecule has 3 aromatic rings. The molecule has 2 atom stereocenters. The molecule has 1 aromatic carbocycles. The summed E-state index contributed by atoms with van der Waals surface area (Å²) in [5.41, 5.74) is 15.1. The number of nitrogens with one attached hydrogen (secondary N) is 1. The summed E-state index contributed by atoms with van der Waals surface area (Å²) in [5, 5.41) is 4.50. The van der Waals surface area contributed by atoms with Gasteiger partial charge in [0.05, 0.1) is 22.6 Å². The molecular formula is C22H28F2N6O. The molecule has 0 aliphatic heterocycles. The molecule has 2 aromatic heterocycles. The standard InChI is InChI=1S/C22H28F2N6O/c1-3-14(25)13-4-5-15-16(10-13)28-21(27-15)19(12-6-8-22(23,24)9-7-12)17-11-18(20(26)31)30(2)29-17/h4-5,10-12,14,19H,3,6-9,25H2,1-2H3,(H2,26,31)(H,27,28)/t14?,19-/m0/s1. The minimum absolute atomic E-state index is 0.0681. The molecule has 1 aliphatic carbocycles.